The summed E-state index contributed by atoms with van der Waals surface area (Å²) in [4.78, 5) is 11.2. The van der Waals surface area contributed by atoms with E-state index in [1.807, 2.05) is 0 Å². The molecule has 0 bridgehead atoms. The maximum Gasteiger partial charge on any atom is 0.248 e. The van der Waals surface area contributed by atoms with Gasteiger partial charge in [-0.2, -0.15) is 0 Å². The third-order valence-corrected chi connectivity index (χ3v) is 5.59. The number of carbonyl (C=O) groups excluding carboxylic acids is 1. The number of primary amides is 1. The van der Waals surface area contributed by atoms with Crippen molar-refractivity contribution in [3.05, 3.63) is 28.8 Å². The van der Waals surface area contributed by atoms with E-state index < -0.39 is 21.0 Å². The van der Waals surface area contributed by atoms with Crippen molar-refractivity contribution < 1.29 is 13.2 Å². The first-order valence-corrected chi connectivity index (χ1v) is 8.67. The Morgan fingerprint density at radius 3 is 2.70 bits per heavy atom. The van der Waals surface area contributed by atoms with E-state index in [1.54, 1.807) is 18.2 Å². The summed E-state index contributed by atoms with van der Waals surface area (Å²) < 4.78 is 23.5. The number of nitrogens with one attached hydrogen (secondary N) is 1. The van der Waals surface area contributed by atoms with Gasteiger partial charge >= 0.3 is 0 Å². The van der Waals surface area contributed by atoms with Crippen LogP contribution in [-0.2, 0) is 9.84 Å². The summed E-state index contributed by atoms with van der Waals surface area (Å²) in [6.45, 7) is 0. The molecule has 1 saturated carbocycles. The van der Waals surface area contributed by atoms with E-state index in [2.05, 4.69) is 5.32 Å². The maximum absolute atomic E-state index is 11.7. The zero-order chi connectivity index (χ0) is 14.9. The van der Waals surface area contributed by atoms with E-state index in [-0.39, 0.29) is 6.04 Å². The van der Waals surface area contributed by atoms with E-state index in [9.17, 15) is 13.2 Å². The number of benzene rings is 1. The smallest absolute Gasteiger partial charge is 0.248 e. The number of nitrogens with two attached hydrogens (primary N) is 1. The number of rotatable bonds is 4. The van der Waals surface area contributed by atoms with Crippen LogP contribution in [0, 0.1) is 0 Å². The van der Waals surface area contributed by atoms with Crippen molar-refractivity contribution in [3.63, 3.8) is 0 Å². The van der Waals surface area contributed by atoms with Crippen LogP contribution in [0.25, 0.3) is 0 Å². The molecule has 1 aliphatic carbocycles. The van der Waals surface area contributed by atoms with Gasteiger partial charge in [-0.15, -0.1) is 0 Å². The molecule has 3 N–H and O–H groups in total. The van der Waals surface area contributed by atoms with Gasteiger partial charge in [0.15, 0.2) is 9.84 Å². The van der Waals surface area contributed by atoms with Crippen molar-refractivity contribution in [2.45, 2.75) is 30.6 Å². The standard InChI is InChI=1S/C13H17ClN2O3S/c1-20(18,19)12-4-2-3-10(12)16-11-7-8(13(15)17)5-6-9(11)14/h5-7,10,12,16H,2-4H2,1H3,(H2,15,17). The predicted octanol–water partition coefficient (Wildman–Crippen LogP) is 1.82. The normalized spacial score (nSPS) is 22.7. The molecule has 1 aromatic rings. The average molecular weight is 317 g/mol. The van der Waals surface area contributed by atoms with Gasteiger partial charge in [0.05, 0.1) is 16.0 Å². The molecule has 2 atom stereocenters. The van der Waals surface area contributed by atoms with Gasteiger partial charge in [-0.1, -0.05) is 11.6 Å². The molecule has 0 aliphatic heterocycles. The molecule has 0 aromatic heterocycles. The van der Waals surface area contributed by atoms with Gasteiger partial charge in [0, 0.05) is 17.9 Å². The topological polar surface area (TPSA) is 89.3 Å². The monoisotopic (exact) mass is 316 g/mol. The van der Waals surface area contributed by atoms with Gasteiger partial charge in [0.1, 0.15) is 0 Å². The minimum atomic E-state index is -3.11. The van der Waals surface area contributed by atoms with Crippen molar-refractivity contribution in [2.24, 2.45) is 5.73 Å². The summed E-state index contributed by atoms with van der Waals surface area (Å²) in [5.41, 5.74) is 6.12. The molecule has 0 heterocycles. The number of carbonyl (C=O) groups is 1. The molecule has 1 aromatic carbocycles. The highest BCUT2D eigenvalue weighted by atomic mass is 35.5. The molecule has 20 heavy (non-hydrogen) atoms. The first-order chi connectivity index (χ1) is 9.29. The fraction of sp³-hybridized carbons (Fsp3) is 0.462. The van der Waals surface area contributed by atoms with Crippen molar-refractivity contribution in [1.82, 2.24) is 0 Å². The molecule has 0 spiro atoms. The van der Waals surface area contributed by atoms with E-state index in [4.69, 9.17) is 17.3 Å². The highest BCUT2D eigenvalue weighted by molar-refractivity contribution is 7.91. The molecule has 1 aliphatic rings. The highest BCUT2D eigenvalue weighted by Crippen LogP contribution is 2.31. The fourth-order valence-corrected chi connectivity index (χ4v) is 4.16. The molecule has 110 valence electrons. The molecule has 7 heteroatoms. The van der Waals surface area contributed by atoms with E-state index in [0.717, 1.165) is 12.8 Å². The van der Waals surface area contributed by atoms with Crippen molar-refractivity contribution in [1.29, 1.82) is 0 Å². The first kappa shape index (κ1) is 15.1. The number of hydrogen-bond donors (Lipinski definition) is 2. The highest BCUT2D eigenvalue weighted by Gasteiger charge is 2.34. The quantitative estimate of drug-likeness (QED) is 0.886. The Morgan fingerprint density at radius 1 is 1.40 bits per heavy atom. The second-order valence-corrected chi connectivity index (χ2v) is 7.78. The minimum Gasteiger partial charge on any atom is -0.380 e. The molecule has 1 fully saturated rings. The second kappa shape index (κ2) is 5.61. The maximum atomic E-state index is 11.7. The van der Waals surface area contributed by atoms with Crippen LogP contribution in [0.4, 0.5) is 5.69 Å². The fourth-order valence-electron chi connectivity index (χ4n) is 2.59. The zero-order valence-electron chi connectivity index (χ0n) is 11.1. The summed E-state index contributed by atoms with van der Waals surface area (Å²) in [5, 5.41) is 3.16. The van der Waals surface area contributed by atoms with Gasteiger partial charge < -0.3 is 11.1 Å². The number of amides is 1. The Balaban J connectivity index is 2.25. The van der Waals surface area contributed by atoms with Gasteiger partial charge in [-0.05, 0) is 37.5 Å². The Hall–Kier alpha value is -1.27. The molecular weight excluding hydrogens is 300 g/mol. The lowest BCUT2D eigenvalue weighted by atomic mass is 10.1. The lowest BCUT2D eigenvalue weighted by Crippen LogP contribution is -2.34. The third-order valence-electron chi connectivity index (χ3n) is 3.59. The lowest BCUT2D eigenvalue weighted by molar-refractivity contribution is 0.100. The van der Waals surface area contributed by atoms with Gasteiger partial charge in [-0.3, -0.25) is 4.79 Å². The van der Waals surface area contributed by atoms with Crippen LogP contribution in [-0.4, -0.2) is 31.9 Å². The Labute approximate surface area is 123 Å². The van der Waals surface area contributed by atoms with Crippen LogP contribution in [0.5, 0.6) is 0 Å². The molecule has 2 rings (SSSR count). The molecular formula is C13H17ClN2O3S. The molecule has 2 unspecified atom stereocenters. The summed E-state index contributed by atoms with van der Waals surface area (Å²) in [7, 11) is -3.11. The molecule has 1 amide bonds. The summed E-state index contributed by atoms with van der Waals surface area (Å²) >= 11 is 6.08. The van der Waals surface area contributed by atoms with Crippen molar-refractivity contribution >= 4 is 33.0 Å². The van der Waals surface area contributed by atoms with Crippen LogP contribution < -0.4 is 11.1 Å². The van der Waals surface area contributed by atoms with Crippen LogP contribution >= 0.6 is 11.6 Å². The van der Waals surface area contributed by atoms with Crippen molar-refractivity contribution in [2.75, 3.05) is 11.6 Å². The first-order valence-electron chi connectivity index (χ1n) is 6.34. The zero-order valence-corrected chi connectivity index (χ0v) is 12.7. The van der Waals surface area contributed by atoms with Gasteiger partial charge in [0.25, 0.3) is 0 Å². The van der Waals surface area contributed by atoms with E-state index in [0.29, 0.717) is 22.7 Å². The van der Waals surface area contributed by atoms with Gasteiger partial charge in [-0.25, -0.2) is 8.42 Å². The summed E-state index contributed by atoms with van der Waals surface area (Å²) in [6, 6.07) is 4.49. The minimum absolute atomic E-state index is 0.189. The van der Waals surface area contributed by atoms with E-state index >= 15 is 0 Å². The predicted molar refractivity (Wildman–Crippen MR) is 79.9 cm³/mol. The van der Waals surface area contributed by atoms with Crippen LogP contribution in [0.1, 0.15) is 29.6 Å². The lowest BCUT2D eigenvalue weighted by Gasteiger charge is -2.21. The summed E-state index contributed by atoms with van der Waals surface area (Å²) in [5.74, 6) is -0.546. The SMILES string of the molecule is CS(=O)(=O)C1CCCC1Nc1cc(C(N)=O)ccc1Cl. The number of hydrogen-bond acceptors (Lipinski definition) is 4. The number of sulfone groups is 1. The summed E-state index contributed by atoms with van der Waals surface area (Å²) in [6.07, 6.45) is 3.50. The third kappa shape index (κ3) is 3.24. The van der Waals surface area contributed by atoms with Gasteiger partial charge in [0.2, 0.25) is 5.91 Å². The molecule has 0 radical (unpaired) electrons. The average Bonchev–Trinajstić information content (AvgIpc) is 2.79. The largest absolute Gasteiger partial charge is 0.380 e. The second-order valence-electron chi connectivity index (χ2n) is 5.11. The van der Waals surface area contributed by atoms with Crippen molar-refractivity contribution in [3.8, 4) is 0 Å². The van der Waals surface area contributed by atoms with E-state index in [1.165, 1.54) is 6.26 Å². The Bertz CT molecular complexity index is 631. The number of anilines is 1. The Morgan fingerprint density at radius 2 is 2.10 bits per heavy atom. The molecule has 0 saturated heterocycles. The number of halogens is 1. The Kier molecular flexibility index (Phi) is 4.25. The van der Waals surface area contributed by atoms with Crippen LogP contribution in [0.2, 0.25) is 5.02 Å². The van der Waals surface area contributed by atoms with Crippen LogP contribution in [0.3, 0.4) is 0 Å². The van der Waals surface area contributed by atoms with Crippen LogP contribution in [0.15, 0.2) is 18.2 Å². The molecule has 5 nitrogen and oxygen atoms in total.